The number of aromatic nitrogens is 1. The molecule has 1 aromatic heterocycles. The number of rotatable bonds is 4. The molecule has 3 rings (SSSR count). The fourth-order valence-corrected chi connectivity index (χ4v) is 3.02. The highest BCUT2D eigenvalue weighted by Crippen LogP contribution is 2.24. The molecule has 6 heteroatoms. The molecule has 2 aromatic carbocycles. The first-order valence-electron chi connectivity index (χ1n) is 8.11. The van der Waals surface area contributed by atoms with Gasteiger partial charge in [-0.2, -0.15) is 5.26 Å². The molecule has 0 radical (unpaired) electrons. The maximum Gasteiger partial charge on any atom is 0.266 e. The zero-order valence-corrected chi connectivity index (χ0v) is 16.8. The van der Waals surface area contributed by atoms with Crippen LogP contribution in [0.15, 0.2) is 70.8 Å². The van der Waals surface area contributed by atoms with Crippen LogP contribution in [0.2, 0.25) is 5.02 Å². The van der Waals surface area contributed by atoms with E-state index in [2.05, 4.69) is 21.2 Å². The average molecular weight is 441 g/mol. The van der Waals surface area contributed by atoms with Gasteiger partial charge >= 0.3 is 0 Å². The van der Waals surface area contributed by atoms with E-state index in [9.17, 15) is 10.1 Å². The molecule has 27 heavy (non-hydrogen) atoms. The van der Waals surface area contributed by atoms with Gasteiger partial charge in [-0.05, 0) is 67.1 Å². The van der Waals surface area contributed by atoms with E-state index in [-0.39, 0.29) is 5.57 Å². The standard InChI is InChI=1S/C21H15BrClN3O/c1-14-19(23)5-2-6-20(14)25-21(27)15(13-24)12-18-4-3-11-26(18)17-9-7-16(22)8-10-17/h2-12H,1H3,(H,25,27)/b15-12-. The second-order valence-corrected chi connectivity index (χ2v) is 7.14. The number of nitriles is 1. The lowest BCUT2D eigenvalue weighted by Gasteiger charge is -2.10. The molecule has 3 aromatic rings. The van der Waals surface area contributed by atoms with Crippen LogP contribution in [0.3, 0.4) is 0 Å². The quantitative estimate of drug-likeness (QED) is 0.415. The third-order valence-electron chi connectivity index (χ3n) is 4.06. The van der Waals surface area contributed by atoms with Gasteiger partial charge in [0.2, 0.25) is 0 Å². The molecular formula is C21H15BrClN3O. The summed E-state index contributed by atoms with van der Waals surface area (Å²) in [4.78, 5) is 12.6. The van der Waals surface area contributed by atoms with Crippen LogP contribution < -0.4 is 5.32 Å². The molecule has 1 heterocycles. The number of benzene rings is 2. The van der Waals surface area contributed by atoms with Gasteiger partial charge in [0, 0.05) is 32.8 Å². The van der Waals surface area contributed by atoms with Gasteiger partial charge in [0.1, 0.15) is 11.6 Å². The second-order valence-electron chi connectivity index (χ2n) is 5.82. The molecule has 1 N–H and O–H groups in total. The highest BCUT2D eigenvalue weighted by Gasteiger charge is 2.13. The van der Waals surface area contributed by atoms with Gasteiger partial charge in [0.25, 0.3) is 5.91 Å². The van der Waals surface area contributed by atoms with Gasteiger partial charge in [0.05, 0.1) is 0 Å². The fourth-order valence-electron chi connectivity index (χ4n) is 2.58. The van der Waals surface area contributed by atoms with E-state index in [1.807, 2.05) is 60.2 Å². The van der Waals surface area contributed by atoms with Crippen LogP contribution in [-0.2, 0) is 4.79 Å². The SMILES string of the molecule is Cc1c(Cl)cccc1NC(=O)/C(C#N)=C\c1cccn1-c1ccc(Br)cc1. The Morgan fingerprint density at radius 3 is 2.63 bits per heavy atom. The molecule has 134 valence electrons. The first-order chi connectivity index (χ1) is 13.0. The molecule has 0 saturated heterocycles. The van der Waals surface area contributed by atoms with Crippen LogP contribution in [0.25, 0.3) is 11.8 Å². The molecule has 0 unspecified atom stereocenters. The maximum absolute atomic E-state index is 12.6. The van der Waals surface area contributed by atoms with Gasteiger partial charge in [-0.15, -0.1) is 0 Å². The van der Waals surface area contributed by atoms with E-state index < -0.39 is 5.91 Å². The fraction of sp³-hybridized carbons (Fsp3) is 0.0476. The van der Waals surface area contributed by atoms with Crippen molar-refractivity contribution >= 4 is 45.2 Å². The Bertz CT molecular complexity index is 1060. The molecule has 0 fully saturated rings. The van der Waals surface area contributed by atoms with E-state index in [4.69, 9.17) is 11.6 Å². The van der Waals surface area contributed by atoms with E-state index in [1.165, 1.54) is 0 Å². The van der Waals surface area contributed by atoms with Crippen molar-refractivity contribution in [1.29, 1.82) is 5.26 Å². The lowest BCUT2D eigenvalue weighted by atomic mass is 10.1. The summed E-state index contributed by atoms with van der Waals surface area (Å²) in [6.45, 7) is 1.81. The Morgan fingerprint density at radius 2 is 1.93 bits per heavy atom. The normalized spacial score (nSPS) is 11.1. The van der Waals surface area contributed by atoms with Crippen molar-refractivity contribution in [1.82, 2.24) is 4.57 Å². The number of halogens is 2. The predicted octanol–water partition coefficient (Wildman–Crippen LogP) is 5.75. The monoisotopic (exact) mass is 439 g/mol. The van der Waals surface area contributed by atoms with E-state index in [0.29, 0.717) is 10.7 Å². The Morgan fingerprint density at radius 1 is 1.19 bits per heavy atom. The number of hydrogen-bond acceptors (Lipinski definition) is 2. The number of nitrogens with zero attached hydrogens (tertiary/aromatic N) is 2. The highest BCUT2D eigenvalue weighted by atomic mass is 79.9. The van der Waals surface area contributed by atoms with E-state index in [0.717, 1.165) is 21.4 Å². The average Bonchev–Trinajstić information content (AvgIpc) is 3.12. The maximum atomic E-state index is 12.6. The number of carbonyl (C=O) groups is 1. The predicted molar refractivity (Wildman–Crippen MR) is 112 cm³/mol. The summed E-state index contributed by atoms with van der Waals surface area (Å²) in [6, 6.07) is 18.7. The Kier molecular flexibility index (Phi) is 5.80. The molecule has 0 bridgehead atoms. The van der Waals surface area contributed by atoms with Gasteiger partial charge in [0.15, 0.2) is 0 Å². The Balaban J connectivity index is 1.90. The molecule has 4 nitrogen and oxygen atoms in total. The molecule has 0 aliphatic carbocycles. The molecule has 1 amide bonds. The van der Waals surface area contributed by atoms with Crippen LogP contribution >= 0.6 is 27.5 Å². The van der Waals surface area contributed by atoms with Crippen molar-refractivity contribution in [2.45, 2.75) is 6.92 Å². The van der Waals surface area contributed by atoms with Crippen LogP contribution in [0.1, 0.15) is 11.3 Å². The molecule has 0 atom stereocenters. The lowest BCUT2D eigenvalue weighted by Crippen LogP contribution is -2.14. The minimum atomic E-state index is -0.480. The zero-order valence-electron chi connectivity index (χ0n) is 14.4. The van der Waals surface area contributed by atoms with Crippen LogP contribution in [-0.4, -0.2) is 10.5 Å². The van der Waals surface area contributed by atoms with Crippen LogP contribution in [0, 0.1) is 18.3 Å². The largest absolute Gasteiger partial charge is 0.321 e. The lowest BCUT2D eigenvalue weighted by molar-refractivity contribution is -0.112. The van der Waals surface area contributed by atoms with E-state index >= 15 is 0 Å². The van der Waals surface area contributed by atoms with Crippen molar-refractivity contribution in [3.8, 4) is 11.8 Å². The van der Waals surface area contributed by atoms with Gasteiger partial charge < -0.3 is 9.88 Å². The summed E-state index contributed by atoms with van der Waals surface area (Å²) in [5, 5.41) is 12.8. The van der Waals surface area contributed by atoms with Crippen molar-refractivity contribution in [2.24, 2.45) is 0 Å². The Labute approximate surface area is 170 Å². The molecule has 0 aliphatic rings. The van der Waals surface area contributed by atoms with Gasteiger partial charge in [-0.1, -0.05) is 33.6 Å². The zero-order chi connectivity index (χ0) is 19.4. The number of carbonyl (C=O) groups excluding carboxylic acids is 1. The highest BCUT2D eigenvalue weighted by molar-refractivity contribution is 9.10. The third-order valence-corrected chi connectivity index (χ3v) is 5.00. The van der Waals surface area contributed by atoms with Crippen molar-refractivity contribution in [3.05, 3.63) is 87.1 Å². The van der Waals surface area contributed by atoms with Crippen molar-refractivity contribution < 1.29 is 4.79 Å². The summed E-state index contributed by atoms with van der Waals surface area (Å²) in [5.41, 5.74) is 3.00. The number of amides is 1. The van der Waals surface area contributed by atoms with E-state index in [1.54, 1.807) is 24.3 Å². The topological polar surface area (TPSA) is 57.8 Å². The van der Waals surface area contributed by atoms with Crippen LogP contribution in [0.5, 0.6) is 0 Å². The first kappa shape index (κ1) is 19.0. The third kappa shape index (κ3) is 4.30. The summed E-state index contributed by atoms with van der Waals surface area (Å²) >= 11 is 9.50. The first-order valence-corrected chi connectivity index (χ1v) is 9.28. The van der Waals surface area contributed by atoms with Gasteiger partial charge in [-0.25, -0.2) is 0 Å². The minimum absolute atomic E-state index is 0.00596. The molecular weight excluding hydrogens is 426 g/mol. The van der Waals surface area contributed by atoms with Crippen molar-refractivity contribution in [2.75, 3.05) is 5.32 Å². The Hall–Kier alpha value is -2.81. The minimum Gasteiger partial charge on any atom is -0.321 e. The molecule has 0 spiro atoms. The van der Waals surface area contributed by atoms with Gasteiger partial charge in [-0.3, -0.25) is 4.79 Å². The summed E-state index contributed by atoms with van der Waals surface area (Å²) in [6.07, 6.45) is 3.44. The molecule has 0 aliphatic heterocycles. The summed E-state index contributed by atoms with van der Waals surface area (Å²) in [5.74, 6) is -0.480. The summed E-state index contributed by atoms with van der Waals surface area (Å²) < 4.78 is 2.88. The van der Waals surface area contributed by atoms with Crippen molar-refractivity contribution in [3.63, 3.8) is 0 Å². The number of hydrogen-bond donors (Lipinski definition) is 1. The number of nitrogens with one attached hydrogen (secondary N) is 1. The number of anilines is 1. The van der Waals surface area contributed by atoms with Crippen LogP contribution in [0.4, 0.5) is 5.69 Å². The smallest absolute Gasteiger partial charge is 0.266 e. The second kappa shape index (κ2) is 8.26. The molecule has 0 saturated carbocycles. The summed E-state index contributed by atoms with van der Waals surface area (Å²) in [7, 11) is 0.